The summed E-state index contributed by atoms with van der Waals surface area (Å²) in [5.74, 6) is 1.69. The molecule has 0 bridgehead atoms. The van der Waals surface area contributed by atoms with Crippen molar-refractivity contribution < 1.29 is 0 Å². The number of aryl methyl sites for hydroxylation is 1. The van der Waals surface area contributed by atoms with Crippen molar-refractivity contribution >= 4 is 11.6 Å². The SMILES string of the molecule is NCc1nc2n(n1)CCC(Cl)C2. The highest BCUT2D eigenvalue weighted by Crippen LogP contribution is 2.17. The molecule has 66 valence electrons. The largest absolute Gasteiger partial charge is 0.324 e. The van der Waals surface area contributed by atoms with Gasteiger partial charge in [-0.15, -0.1) is 11.6 Å². The maximum absolute atomic E-state index is 5.98. The Labute approximate surface area is 75.7 Å². The van der Waals surface area contributed by atoms with Gasteiger partial charge in [-0.05, 0) is 6.42 Å². The van der Waals surface area contributed by atoms with Crippen LogP contribution >= 0.6 is 11.6 Å². The second-order valence-corrected chi connectivity index (χ2v) is 3.58. The van der Waals surface area contributed by atoms with Gasteiger partial charge in [0.05, 0.1) is 6.54 Å². The van der Waals surface area contributed by atoms with Crippen LogP contribution in [0, 0.1) is 0 Å². The summed E-state index contributed by atoms with van der Waals surface area (Å²) in [4.78, 5) is 4.26. The molecule has 5 heteroatoms. The number of rotatable bonds is 1. The third-order valence-corrected chi connectivity index (χ3v) is 2.41. The summed E-state index contributed by atoms with van der Waals surface area (Å²) in [7, 11) is 0. The zero-order valence-corrected chi connectivity index (χ0v) is 7.46. The Kier molecular flexibility index (Phi) is 2.02. The molecule has 0 radical (unpaired) electrons. The zero-order valence-electron chi connectivity index (χ0n) is 6.70. The van der Waals surface area contributed by atoms with Crippen molar-refractivity contribution in [2.45, 2.75) is 31.3 Å². The Bertz CT molecular complexity index is 283. The van der Waals surface area contributed by atoms with E-state index in [0.717, 1.165) is 31.0 Å². The third kappa shape index (κ3) is 1.32. The van der Waals surface area contributed by atoms with Crippen LogP contribution in [0.5, 0.6) is 0 Å². The van der Waals surface area contributed by atoms with Crippen LogP contribution in [0.4, 0.5) is 0 Å². The van der Waals surface area contributed by atoms with Crippen molar-refractivity contribution in [3.05, 3.63) is 11.6 Å². The summed E-state index contributed by atoms with van der Waals surface area (Å²) in [5.41, 5.74) is 5.43. The average molecular weight is 187 g/mol. The van der Waals surface area contributed by atoms with Crippen LogP contribution in [0.2, 0.25) is 0 Å². The van der Waals surface area contributed by atoms with Crippen LogP contribution < -0.4 is 5.73 Å². The van der Waals surface area contributed by atoms with Crippen LogP contribution in [0.1, 0.15) is 18.1 Å². The molecule has 0 aromatic carbocycles. The van der Waals surface area contributed by atoms with E-state index in [1.807, 2.05) is 4.68 Å². The van der Waals surface area contributed by atoms with Crippen LogP contribution in [0.25, 0.3) is 0 Å². The Hall–Kier alpha value is -0.610. The molecule has 0 fully saturated rings. The molecule has 0 saturated carbocycles. The number of hydrogen-bond donors (Lipinski definition) is 1. The lowest BCUT2D eigenvalue weighted by Gasteiger charge is -2.15. The second kappa shape index (κ2) is 3.03. The molecule has 1 unspecified atom stereocenters. The number of halogens is 1. The molecule has 1 aliphatic heterocycles. The summed E-state index contributed by atoms with van der Waals surface area (Å²) in [5, 5.41) is 4.44. The predicted molar refractivity (Wildman–Crippen MR) is 45.9 cm³/mol. The summed E-state index contributed by atoms with van der Waals surface area (Å²) in [6.07, 6.45) is 1.79. The van der Waals surface area contributed by atoms with Gasteiger partial charge in [-0.25, -0.2) is 9.67 Å². The van der Waals surface area contributed by atoms with Gasteiger partial charge in [0.25, 0.3) is 0 Å². The first-order valence-corrected chi connectivity index (χ1v) is 4.50. The number of hydrogen-bond acceptors (Lipinski definition) is 3. The smallest absolute Gasteiger partial charge is 0.164 e. The van der Waals surface area contributed by atoms with Crippen molar-refractivity contribution in [3.63, 3.8) is 0 Å². The number of nitrogens with zero attached hydrogens (tertiary/aromatic N) is 3. The van der Waals surface area contributed by atoms with Gasteiger partial charge in [0.15, 0.2) is 5.82 Å². The monoisotopic (exact) mass is 186 g/mol. The van der Waals surface area contributed by atoms with Gasteiger partial charge in [-0.3, -0.25) is 0 Å². The van der Waals surface area contributed by atoms with E-state index in [-0.39, 0.29) is 5.38 Å². The summed E-state index contributed by atoms with van der Waals surface area (Å²) in [6.45, 7) is 1.28. The molecule has 1 aromatic rings. The Morgan fingerprint density at radius 1 is 1.67 bits per heavy atom. The summed E-state index contributed by atoms with van der Waals surface area (Å²) in [6, 6.07) is 0. The maximum atomic E-state index is 5.98. The van der Waals surface area contributed by atoms with E-state index in [9.17, 15) is 0 Å². The normalized spacial score (nSPS) is 22.3. The topological polar surface area (TPSA) is 56.7 Å². The lowest BCUT2D eigenvalue weighted by molar-refractivity contribution is 0.483. The highest BCUT2D eigenvalue weighted by molar-refractivity contribution is 6.20. The van der Waals surface area contributed by atoms with Crippen molar-refractivity contribution in [2.75, 3.05) is 0 Å². The van der Waals surface area contributed by atoms with Crippen LogP contribution in [0.15, 0.2) is 0 Å². The van der Waals surface area contributed by atoms with E-state index < -0.39 is 0 Å². The summed E-state index contributed by atoms with van der Waals surface area (Å²) < 4.78 is 1.90. The molecule has 0 saturated heterocycles. The van der Waals surface area contributed by atoms with Gasteiger partial charge in [-0.1, -0.05) is 0 Å². The molecule has 4 nitrogen and oxygen atoms in total. The van der Waals surface area contributed by atoms with Gasteiger partial charge < -0.3 is 5.73 Å². The number of fused-ring (bicyclic) bond motifs is 1. The molecule has 0 spiro atoms. The molecular weight excluding hydrogens is 176 g/mol. The van der Waals surface area contributed by atoms with Gasteiger partial charge in [0.1, 0.15) is 5.82 Å². The lowest BCUT2D eigenvalue weighted by Crippen LogP contribution is -2.20. The highest BCUT2D eigenvalue weighted by Gasteiger charge is 2.19. The quantitative estimate of drug-likeness (QED) is 0.642. The Balaban J connectivity index is 2.28. The summed E-state index contributed by atoms with van der Waals surface area (Å²) >= 11 is 5.98. The molecule has 2 heterocycles. The number of alkyl halides is 1. The molecule has 1 aromatic heterocycles. The molecule has 0 aliphatic carbocycles. The van der Waals surface area contributed by atoms with Gasteiger partial charge >= 0.3 is 0 Å². The lowest BCUT2D eigenvalue weighted by atomic mass is 10.2. The van der Waals surface area contributed by atoms with E-state index in [1.54, 1.807) is 0 Å². The highest BCUT2D eigenvalue weighted by atomic mass is 35.5. The fourth-order valence-electron chi connectivity index (χ4n) is 1.41. The molecule has 1 atom stereocenters. The minimum atomic E-state index is 0.215. The minimum Gasteiger partial charge on any atom is -0.324 e. The van der Waals surface area contributed by atoms with Crippen LogP contribution in [0.3, 0.4) is 0 Å². The van der Waals surface area contributed by atoms with Gasteiger partial charge in [-0.2, -0.15) is 5.10 Å². The first-order chi connectivity index (χ1) is 5.79. The van der Waals surface area contributed by atoms with E-state index >= 15 is 0 Å². The van der Waals surface area contributed by atoms with E-state index in [1.165, 1.54) is 0 Å². The molecule has 2 rings (SSSR count). The first-order valence-electron chi connectivity index (χ1n) is 4.06. The second-order valence-electron chi connectivity index (χ2n) is 2.96. The molecule has 2 N–H and O–H groups in total. The molecule has 12 heavy (non-hydrogen) atoms. The van der Waals surface area contributed by atoms with Crippen LogP contribution in [-0.2, 0) is 19.5 Å². The average Bonchev–Trinajstić information content (AvgIpc) is 2.46. The van der Waals surface area contributed by atoms with Crippen molar-refractivity contribution in [1.82, 2.24) is 14.8 Å². The fourth-order valence-corrected chi connectivity index (χ4v) is 1.64. The molecular formula is C7H11ClN4. The van der Waals surface area contributed by atoms with Crippen LogP contribution in [-0.4, -0.2) is 20.1 Å². The Morgan fingerprint density at radius 2 is 2.50 bits per heavy atom. The standard InChI is InChI=1S/C7H11ClN4/c8-5-1-2-12-7(3-5)10-6(4-9)11-12/h5H,1-4,9H2. The van der Waals surface area contributed by atoms with E-state index in [0.29, 0.717) is 6.54 Å². The first kappa shape index (κ1) is 8.01. The number of aromatic nitrogens is 3. The predicted octanol–water partition coefficient (Wildman–Crippen LogP) is 0.290. The van der Waals surface area contributed by atoms with Gasteiger partial charge in [0, 0.05) is 18.3 Å². The van der Waals surface area contributed by atoms with Crippen molar-refractivity contribution in [1.29, 1.82) is 0 Å². The zero-order chi connectivity index (χ0) is 8.55. The van der Waals surface area contributed by atoms with Crippen molar-refractivity contribution in [3.8, 4) is 0 Å². The third-order valence-electron chi connectivity index (χ3n) is 2.03. The maximum Gasteiger partial charge on any atom is 0.164 e. The van der Waals surface area contributed by atoms with Crippen molar-refractivity contribution in [2.24, 2.45) is 5.73 Å². The van der Waals surface area contributed by atoms with Gasteiger partial charge in [0.2, 0.25) is 0 Å². The minimum absolute atomic E-state index is 0.215. The Morgan fingerprint density at radius 3 is 3.25 bits per heavy atom. The van der Waals surface area contributed by atoms with E-state index in [2.05, 4.69) is 10.1 Å². The number of nitrogens with two attached hydrogens (primary N) is 1. The fraction of sp³-hybridized carbons (Fsp3) is 0.714. The van der Waals surface area contributed by atoms with E-state index in [4.69, 9.17) is 17.3 Å². The molecule has 1 aliphatic rings. The molecule has 0 amide bonds.